The third-order valence-corrected chi connectivity index (χ3v) is 7.78. The van der Waals surface area contributed by atoms with Gasteiger partial charge in [-0.25, -0.2) is 9.18 Å². The molecule has 8 heteroatoms. The van der Waals surface area contributed by atoms with Crippen LogP contribution in [0.4, 0.5) is 4.39 Å². The van der Waals surface area contributed by atoms with E-state index in [1.54, 1.807) is 42.5 Å². The van der Waals surface area contributed by atoms with Crippen molar-refractivity contribution in [2.45, 2.75) is 30.6 Å². The van der Waals surface area contributed by atoms with Gasteiger partial charge >= 0.3 is 5.97 Å². The third-order valence-electron chi connectivity index (χ3n) is 6.41. The Morgan fingerprint density at radius 1 is 1.17 bits per heavy atom. The monoisotopic (exact) mass is 497 g/mol. The number of nitrogens with zero attached hydrogens (tertiary/aromatic N) is 1. The van der Waals surface area contributed by atoms with Crippen LogP contribution in [0.1, 0.15) is 41.2 Å². The van der Waals surface area contributed by atoms with Gasteiger partial charge in [0.25, 0.3) is 0 Å². The van der Waals surface area contributed by atoms with Gasteiger partial charge in [0.2, 0.25) is 0 Å². The number of carboxylic acids is 1. The number of halogens is 1. The minimum atomic E-state index is -1.08. The first-order valence-electron chi connectivity index (χ1n) is 11.6. The maximum atomic E-state index is 14.7. The molecule has 0 unspecified atom stereocenters. The highest BCUT2D eigenvalue weighted by Gasteiger charge is 2.41. The van der Waals surface area contributed by atoms with Crippen LogP contribution in [0, 0.1) is 11.7 Å². The van der Waals surface area contributed by atoms with Gasteiger partial charge in [0.05, 0.1) is 18.9 Å². The van der Waals surface area contributed by atoms with Gasteiger partial charge in [0.1, 0.15) is 11.6 Å². The molecule has 1 aliphatic heterocycles. The number of carboxylic acid groups (broad SMARTS) is 1. The van der Waals surface area contributed by atoms with Crippen LogP contribution >= 0.6 is 11.8 Å². The molecule has 6 nitrogen and oxygen atoms in total. The maximum absolute atomic E-state index is 14.7. The molecule has 2 fully saturated rings. The van der Waals surface area contributed by atoms with Gasteiger partial charge in [-0.2, -0.15) is 0 Å². The number of ketones is 2. The predicted octanol–water partition coefficient (Wildman–Crippen LogP) is 4.56. The molecule has 2 atom stereocenters. The molecule has 0 amide bonds. The van der Waals surface area contributed by atoms with Crippen LogP contribution in [0.3, 0.4) is 0 Å². The average molecular weight is 498 g/mol. The van der Waals surface area contributed by atoms with Crippen LogP contribution in [-0.2, 0) is 9.59 Å². The van der Waals surface area contributed by atoms with Crippen LogP contribution in [-0.4, -0.2) is 58.7 Å². The summed E-state index contributed by atoms with van der Waals surface area (Å²) in [5.41, 5.74) is 1.49. The first-order chi connectivity index (χ1) is 16.9. The molecular weight excluding hydrogens is 469 g/mol. The van der Waals surface area contributed by atoms with Gasteiger partial charge in [-0.05, 0) is 43.0 Å². The number of aliphatic carboxylic acids is 1. The van der Waals surface area contributed by atoms with Crippen LogP contribution in [0.2, 0.25) is 0 Å². The number of thioether (sulfide) groups is 1. The lowest BCUT2D eigenvalue weighted by atomic mass is 9.93. The first-order valence-corrected chi connectivity index (χ1v) is 12.7. The highest BCUT2D eigenvalue weighted by atomic mass is 32.2. The lowest BCUT2D eigenvalue weighted by Crippen LogP contribution is -2.43. The molecule has 1 saturated carbocycles. The Morgan fingerprint density at radius 3 is 2.63 bits per heavy atom. The van der Waals surface area contributed by atoms with Gasteiger partial charge < -0.3 is 9.84 Å². The van der Waals surface area contributed by atoms with Crippen LogP contribution in [0.5, 0.6) is 5.75 Å². The minimum Gasteiger partial charge on any atom is -0.497 e. The van der Waals surface area contributed by atoms with E-state index in [9.17, 15) is 23.9 Å². The van der Waals surface area contributed by atoms with Gasteiger partial charge in [0, 0.05) is 41.5 Å². The van der Waals surface area contributed by atoms with E-state index in [-0.39, 0.29) is 35.0 Å². The molecule has 2 aromatic rings. The van der Waals surface area contributed by atoms with Gasteiger partial charge in [-0.15, -0.1) is 11.8 Å². The summed E-state index contributed by atoms with van der Waals surface area (Å²) in [6, 6.07) is 12.5. The van der Waals surface area contributed by atoms with Crippen LogP contribution in [0.25, 0.3) is 0 Å². The van der Waals surface area contributed by atoms with Crippen molar-refractivity contribution >= 4 is 29.3 Å². The van der Waals surface area contributed by atoms with Crippen molar-refractivity contribution in [3.05, 3.63) is 77.1 Å². The number of likely N-dealkylation sites (tertiary alicyclic amines) is 1. The summed E-state index contributed by atoms with van der Waals surface area (Å²) >= 11 is 1.40. The lowest BCUT2D eigenvalue weighted by Gasteiger charge is -2.38. The van der Waals surface area contributed by atoms with Gasteiger partial charge in [-0.1, -0.05) is 30.3 Å². The Bertz CT molecular complexity index is 1150. The second-order valence-electron chi connectivity index (χ2n) is 8.87. The molecule has 4 rings (SSSR count). The standard InChI is InChI=1S/C27H28FNO5S/c1-34-20-6-4-5-18(13-20)23(30)16-35-24-11-12-29(15-19(24)14-25(31)32)26(27(33)17-9-10-17)21-7-2-3-8-22(21)28/h2-8,13-14,17,24,26H,9-12,15-16H2,1H3,(H,31,32)/b19-14-/t24-,26+/m1/s1. The van der Waals surface area contributed by atoms with Gasteiger partial charge in [-0.3, -0.25) is 14.5 Å². The molecule has 0 aromatic heterocycles. The summed E-state index contributed by atoms with van der Waals surface area (Å²) in [4.78, 5) is 39.4. The quantitative estimate of drug-likeness (QED) is 0.381. The van der Waals surface area contributed by atoms with Crippen LogP contribution in [0.15, 0.2) is 60.2 Å². The largest absolute Gasteiger partial charge is 0.497 e. The zero-order valence-corrected chi connectivity index (χ0v) is 20.3. The highest BCUT2D eigenvalue weighted by Crippen LogP contribution is 2.40. The maximum Gasteiger partial charge on any atom is 0.328 e. The second-order valence-corrected chi connectivity index (χ2v) is 10.1. The fraction of sp³-hybridized carbons (Fsp3) is 0.370. The number of methoxy groups -OCH3 is 1. The summed E-state index contributed by atoms with van der Waals surface area (Å²) < 4.78 is 19.9. The molecule has 1 aliphatic carbocycles. The average Bonchev–Trinajstić information content (AvgIpc) is 3.70. The van der Waals surface area contributed by atoms with Crippen molar-refractivity contribution in [1.82, 2.24) is 4.90 Å². The number of rotatable bonds is 10. The van der Waals surface area contributed by atoms with Gasteiger partial charge in [0.15, 0.2) is 11.6 Å². The summed E-state index contributed by atoms with van der Waals surface area (Å²) in [6.45, 7) is 0.730. The molecule has 0 bridgehead atoms. The van der Waals surface area contributed by atoms with Crippen molar-refractivity contribution in [3.63, 3.8) is 0 Å². The summed E-state index contributed by atoms with van der Waals surface area (Å²) in [7, 11) is 1.54. The number of piperidine rings is 1. The molecule has 1 saturated heterocycles. The minimum absolute atomic E-state index is 0.0101. The van der Waals surface area contributed by atoms with E-state index in [0.717, 1.165) is 12.8 Å². The molecular formula is C27H28FNO5S. The van der Waals surface area contributed by atoms with Crippen molar-refractivity contribution < 1.29 is 28.6 Å². The lowest BCUT2D eigenvalue weighted by molar-refractivity contribution is -0.131. The van der Waals surface area contributed by atoms with E-state index in [2.05, 4.69) is 0 Å². The first kappa shape index (κ1) is 25.1. The Balaban J connectivity index is 1.51. The predicted molar refractivity (Wildman–Crippen MR) is 132 cm³/mol. The number of carbonyl (C=O) groups excluding carboxylic acids is 2. The third kappa shape index (κ3) is 6.18. The SMILES string of the molecule is COc1cccc(C(=O)CS[C@@H]2CCN([C@H](C(=O)C3CC3)c3ccccc3F)C/C2=C/C(=O)O)c1. The Hall–Kier alpha value is -2.97. The highest BCUT2D eigenvalue weighted by molar-refractivity contribution is 8.00. The normalized spacial score (nSPS) is 20.4. The molecule has 2 aromatic carbocycles. The molecule has 1 N–H and O–H groups in total. The Kier molecular flexibility index (Phi) is 8.03. The smallest absolute Gasteiger partial charge is 0.328 e. The molecule has 184 valence electrons. The number of hydrogen-bond donors (Lipinski definition) is 1. The molecule has 0 radical (unpaired) electrons. The van der Waals surface area contributed by atoms with E-state index in [1.165, 1.54) is 31.0 Å². The van der Waals surface area contributed by atoms with Crippen molar-refractivity contribution in [1.29, 1.82) is 0 Å². The second kappa shape index (κ2) is 11.2. The van der Waals surface area contributed by atoms with Crippen molar-refractivity contribution in [2.24, 2.45) is 5.92 Å². The van der Waals surface area contributed by atoms with Crippen molar-refractivity contribution in [3.8, 4) is 5.75 Å². The fourth-order valence-electron chi connectivity index (χ4n) is 4.47. The van der Waals surface area contributed by atoms with E-state index in [4.69, 9.17) is 4.74 Å². The van der Waals surface area contributed by atoms with E-state index in [1.807, 2.05) is 4.90 Å². The topological polar surface area (TPSA) is 83.9 Å². The molecule has 1 heterocycles. The summed E-state index contributed by atoms with van der Waals surface area (Å²) in [5.74, 6) is -0.882. The van der Waals surface area contributed by atoms with E-state index >= 15 is 0 Å². The number of carbonyl (C=O) groups is 3. The Labute approximate surface area is 208 Å². The molecule has 0 spiro atoms. The zero-order valence-electron chi connectivity index (χ0n) is 19.5. The fourth-order valence-corrected chi connectivity index (χ4v) is 5.61. The van der Waals surface area contributed by atoms with Crippen LogP contribution < -0.4 is 4.74 Å². The number of benzene rings is 2. The number of ether oxygens (including phenoxy) is 1. The Morgan fingerprint density at radius 2 is 1.94 bits per heavy atom. The number of hydrogen-bond acceptors (Lipinski definition) is 6. The molecule has 2 aliphatic rings. The molecule has 35 heavy (non-hydrogen) atoms. The summed E-state index contributed by atoms with van der Waals surface area (Å²) in [6.07, 6.45) is 3.33. The zero-order chi connectivity index (χ0) is 24.9. The van der Waals surface area contributed by atoms with Crippen molar-refractivity contribution in [2.75, 3.05) is 26.0 Å². The number of Topliss-reactive ketones (excluding diaryl/α,β-unsaturated/α-hetero) is 2. The van der Waals surface area contributed by atoms with E-state index < -0.39 is 17.8 Å². The van der Waals surface area contributed by atoms with E-state index in [0.29, 0.717) is 35.4 Å². The summed E-state index contributed by atoms with van der Waals surface area (Å²) in [5, 5.41) is 9.29.